The minimum atomic E-state index is -2.53. The molecule has 1 aromatic rings. The highest BCUT2D eigenvalue weighted by Gasteiger charge is 2.15. The summed E-state index contributed by atoms with van der Waals surface area (Å²) in [6.45, 7) is 2.00. The highest BCUT2D eigenvalue weighted by molar-refractivity contribution is 5.60. The van der Waals surface area contributed by atoms with E-state index >= 15 is 0 Å². The summed E-state index contributed by atoms with van der Waals surface area (Å²) in [6.07, 6.45) is -2.53. The maximum Gasteiger partial charge on any atom is 0.311 e. The average Bonchev–Trinajstić information content (AvgIpc) is 2.38. The van der Waals surface area contributed by atoms with Gasteiger partial charge in [0.1, 0.15) is 12.4 Å². The maximum absolute atomic E-state index is 11.8. The van der Waals surface area contributed by atoms with E-state index in [1.807, 2.05) is 6.92 Å². The molecule has 20 heavy (non-hydrogen) atoms. The molecule has 1 heterocycles. The van der Waals surface area contributed by atoms with Gasteiger partial charge in [-0.2, -0.15) is 0 Å². The molecule has 0 bridgehead atoms. The predicted octanol–water partition coefficient (Wildman–Crippen LogP) is 2.12. The number of rotatable bonds is 9. The van der Waals surface area contributed by atoms with Gasteiger partial charge in [0.15, 0.2) is 0 Å². The van der Waals surface area contributed by atoms with Crippen LogP contribution in [0.4, 0.5) is 26.1 Å². The zero-order chi connectivity index (χ0) is 15.0. The number of anilines is 2. The molecule has 0 fully saturated rings. The van der Waals surface area contributed by atoms with Gasteiger partial charge < -0.3 is 15.4 Å². The summed E-state index contributed by atoms with van der Waals surface area (Å²) < 4.78 is 28.3. The number of hydrogen-bond acceptors (Lipinski definition) is 6. The molecule has 0 aliphatic carbocycles. The summed E-state index contributed by atoms with van der Waals surface area (Å²) in [6, 6.07) is 2.83. The fourth-order valence-electron chi connectivity index (χ4n) is 1.42. The van der Waals surface area contributed by atoms with Crippen molar-refractivity contribution in [2.75, 3.05) is 36.9 Å². The van der Waals surface area contributed by atoms with Crippen molar-refractivity contribution in [1.29, 1.82) is 0 Å². The smallest absolute Gasteiger partial charge is 0.311 e. The summed E-state index contributed by atoms with van der Waals surface area (Å²) in [7, 11) is 0. The van der Waals surface area contributed by atoms with Crippen LogP contribution in [0.25, 0.3) is 0 Å². The lowest BCUT2D eigenvalue weighted by molar-refractivity contribution is -0.384. The van der Waals surface area contributed by atoms with Crippen molar-refractivity contribution in [2.45, 2.75) is 13.3 Å². The summed E-state index contributed by atoms with van der Waals surface area (Å²) in [5, 5.41) is 16.5. The first kappa shape index (κ1) is 16.0. The number of aromatic nitrogens is 1. The van der Waals surface area contributed by atoms with Crippen LogP contribution in [0.1, 0.15) is 6.92 Å². The van der Waals surface area contributed by atoms with Gasteiger partial charge in [-0.25, -0.2) is 13.8 Å². The molecule has 0 spiro atoms. The maximum atomic E-state index is 11.8. The molecule has 2 N–H and O–H groups in total. The first-order valence-electron chi connectivity index (χ1n) is 6.03. The minimum absolute atomic E-state index is 0.00854. The lowest BCUT2D eigenvalue weighted by Gasteiger charge is -2.09. The van der Waals surface area contributed by atoms with Crippen LogP contribution in [0.15, 0.2) is 12.1 Å². The Morgan fingerprint density at radius 2 is 2.20 bits per heavy atom. The van der Waals surface area contributed by atoms with Crippen molar-refractivity contribution in [3.8, 4) is 0 Å². The Balaban J connectivity index is 2.60. The molecular weight excluding hydrogens is 274 g/mol. The van der Waals surface area contributed by atoms with E-state index in [2.05, 4.69) is 20.4 Å². The molecule has 0 aromatic carbocycles. The molecule has 0 unspecified atom stereocenters. The monoisotopic (exact) mass is 290 g/mol. The summed E-state index contributed by atoms with van der Waals surface area (Å²) >= 11 is 0. The third-order valence-corrected chi connectivity index (χ3v) is 2.21. The molecule has 0 aliphatic heterocycles. The van der Waals surface area contributed by atoms with E-state index in [4.69, 9.17) is 0 Å². The number of alkyl halides is 2. The van der Waals surface area contributed by atoms with E-state index in [1.54, 1.807) is 0 Å². The van der Waals surface area contributed by atoms with Crippen molar-refractivity contribution < 1.29 is 18.4 Å². The molecule has 0 radical (unpaired) electrons. The molecule has 7 nitrogen and oxygen atoms in total. The second-order valence-electron chi connectivity index (χ2n) is 3.74. The van der Waals surface area contributed by atoms with Gasteiger partial charge in [0, 0.05) is 19.2 Å². The fraction of sp³-hybridized carbons (Fsp3) is 0.545. The predicted molar refractivity (Wildman–Crippen MR) is 70.4 cm³/mol. The number of nitrogens with zero attached hydrogens (tertiary/aromatic N) is 2. The van der Waals surface area contributed by atoms with Gasteiger partial charge in [-0.3, -0.25) is 10.1 Å². The lowest BCUT2D eigenvalue weighted by Crippen LogP contribution is -2.15. The summed E-state index contributed by atoms with van der Waals surface area (Å²) in [5.41, 5.74) is -0.180. The highest BCUT2D eigenvalue weighted by atomic mass is 19.3. The van der Waals surface area contributed by atoms with Gasteiger partial charge in [-0.05, 0) is 13.0 Å². The van der Waals surface area contributed by atoms with Crippen LogP contribution in [-0.2, 0) is 4.74 Å². The Morgan fingerprint density at radius 3 is 2.80 bits per heavy atom. The van der Waals surface area contributed by atoms with Crippen molar-refractivity contribution >= 4 is 17.3 Å². The van der Waals surface area contributed by atoms with E-state index in [0.717, 1.165) is 0 Å². The van der Waals surface area contributed by atoms with E-state index in [-0.39, 0.29) is 24.7 Å². The average molecular weight is 290 g/mol. The van der Waals surface area contributed by atoms with E-state index in [0.29, 0.717) is 12.4 Å². The van der Waals surface area contributed by atoms with Crippen LogP contribution >= 0.6 is 0 Å². The molecule has 0 atom stereocenters. The number of nitrogens with one attached hydrogen (secondary N) is 2. The molecule has 9 heteroatoms. The van der Waals surface area contributed by atoms with Crippen LogP contribution < -0.4 is 10.6 Å². The first-order chi connectivity index (χ1) is 9.54. The van der Waals surface area contributed by atoms with Gasteiger partial charge in [0.25, 0.3) is 6.43 Å². The standard InChI is InChI=1S/C11H16F2N4O3/c1-2-14-10-4-3-8(17(18)19)11(16-10)15-5-6-20-7-9(12)13/h3-4,9H,2,5-7H2,1H3,(H2,14,15,16). The normalized spacial score (nSPS) is 10.6. The zero-order valence-electron chi connectivity index (χ0n) is 10.9. The third-order valence-electron chi connectivity index (χ3n) is 2.21. The molecule has 1 aromatic heterocycles. The molecule has 112 valence electrons. The van der Waals surface area contributed by atoms with Crippen LogP contribution in [0.3, 0.4) is 0 Å². The molecular formula is C11H16F2N4O3. The second kappa shape index (κ2) is 8.20. The Kier molecular flexibility index (Phi) is 6.57. The fourth-order valence-corrected chi connectivity index (χ4v) is 1.42. The molecule has 0 saturated carbocycles. The third kappa shape index (κ3) is 5.31. The number of nitro groups is 1. The Morgan fingerprint density at radius 1 is 1.45 bits per heavy atom. The second-order valence-corrected chi connectivity index (χ2v) is 3.74. The highest BCUT2D eigenvalue weighted by Crippen LogP contribution is 2.23. The van der Waals surface area contributed by atoms with Crippen LogP contribution in [0.5, 0.6) is 0 Å². The lowest BCUT2D eigenvalue weighted by atomic mass is 10.3. The van der Waals surface area contributed by atoms with Crippen LogP contribution in [0, 0.1) is 10.1 Å². The van der Waals surface area contributed by atoms with Gasteiger partial charge in [0.2, 0.25) is 5.82 Å². The molecule has 1 rings (SSSR count). The van der Waals surface area contributed by atoms with Gasteiger partial charge in [-0.1, -0.05) is 0 Å². The van der Waals surface area contributed by atoms with Gasteiger partial charge >= 0.3 is 5.69 Å². The minimum Gasteiger partial charge on any atom is -0.374 e. The molecule has 0 aliphatic rings. The number of ether oxygens (including phenoxy) is 1. The van der Waals surface area contributed by atoms with E-state index in [1.165, 1.54) is 12.1 Å². The SMILES string of the molecule is CCNc1ccc([N+](=O)[O-])c(NCCOCC(F)F)n1. The first-order valence-corrected chi connectivity index (χ1v) is 6.03. The van der Waals surface area contributed by atoms with Crippen LogP contribution in [0.2, 0.25) is 0 Å². The summed E-state index contributed by atoms with van der Waals surface area (Å²) in [5.74, 6) is 0.572. The molecule has 0 amide bonds. The quantitative estimate of drug-likeness (QED) is 0.411. The van der Waals surface area contributed by atoms with Crippen molar-refractivity contribution in [2.24, 2.45) is 0 Å². The Hall–Kier alpha value is -2.03. The van der Waals surface area contributed by atoms with E-state index < -0.39 is 18.0 Å². The Bertz CT molecular complexity index is 446. The van der Waals surface area contributed by atoms with Crippen molar-refractivity contribution in [3.63, 3.8) is 0 Å². The van der Waals surface area contributed by atoms with E-state index in [9.17, 15) is 18.9 Å². The number of hydrogen-bond donors (Lipinski definition) is 2. The Labute approximate surface area is 114 Å². The largest absolute Gasteiger partial charge is 0.374 e. The molecule has 0 saturated heterocycles. The topological polar surface area (TPSA) is 89.3 Å². The van der Waals surface area contributed by atoms with Gasteiger partial charge in [0.05, 0.1) is 11.5 Å². The van der Waals surface area contributed by atoms with Crippen molar-refractivity contribution in [1.82, 2.24) is 4.98 Å². The number of pyridine rings is 1. The zero-order valence-corrected chi connectivity index (χ0v) is 10.9. The van der Waals surface area contributed by atoms with Gasteiger partial charge in [-0.15, -0.1) is 0 Å². The summed E-state index contributed by atoms with van der Waals surface area (Å²) in [4.78, 5) is 14.3. The van der Waals surface area contributed by atoms with Crippen LogP contribution in [-0.4, -0.2) is 42.6 Å². The van der Waals surface area contributed by atoms with Crippen molar-refractivity contribution in [3.05, 3.63) is 22.2 Å². The number of halogens is 2.